The second-order valence-corrected chi connectivity index (χ2v) is 9.34. The molecular formula is C32H34N2O5. The summed E-state index contributed by atoms with van der Waals surface area (Å²) in [4.78, 5) is 21.7. The Morgan fingerprint density at radius 2 is 1.74 bits per heavy atom. The van der Waals surface area contributed by atoms with E-state index >= 15 is 0 Å². The summed E-state index contributed by atoms with van der Waals surface area (Å²) in [5.41, 5.74) is 4.37. The molecule has 7 nitrogen and oxygen atoms in total. The lowest BCUT2D eigenvalue weighted by atomic mass is 9.97. The summed E-state index contributed by atoms with van der Waals surface area (Å²) < 4.78 is 11.8. The first kappa shape index (κ1) is 27.6. The van der Waals surface area contributed by atoms with Crippen LogP contribution >= 0.6 is 0 Å². The van der Waals surface area contributed by atoms with Gasteiger partial charge in [-0.1, -0.05) is 72.7 Å². The van der Waals surface area contributed by atoms with Crippen molar-refractivity contribution >= 4 is 11.7 Å². The average Bonchev–Trinajstić information content (AvgIpc) is 3.34. The van der Waals surface area contributed by atoms with Crippen LogP contribution in [0.15, 0.2) is 94.5 Å². The number of carbonyl (C=O) groups is 1. The highest BCUT2D eigenvalue weighted by Crippen LogP contribution is 2.23. The number of carboxylic acid groups (broad SMARTS) is 1. The summed E-state index contributed by atoms with van der Waals surface area (Å²) >= 11 is 0. The first-order valence-electron chi connectivity index (χ1n) is 13.2. The van der Waals surface area contributed by atoms with Crippen LogP contribution in [0.3, 0.4) is 0 Å². The quantitative estimate of drug-likeness (QED) is 0.136. The van der Waals surface area contributed by atoms with Crippen molar-refractivity contribution in [3.63, 3.8) is 0 Å². The number of nitrogens with zero attached hydrogens (tertiary/aromatic N) is 2. The van der Waals surface area contributed by atoms with Crippen LogP contribution in [0.1, 0.15) is 55.2 Å². The summed E-state index contributed by atoms with van der Waals surface area (Å²) in [5, 5.41) is 13.8. The van der Waals surface area contributed by atoms with Crippen molar-refractivity contribution in [1.82, 2.24) is 4.98 Å². The van der Waals surface area contributed by atoms with Crippen molar-refractivity contribution in [3.8, 4) is 17.2 Å². The summed E-state index contributed by atoms with van der Waals surface area (Å²) in [7, 11) is 0. The molecular weight excluding hydrogens is 492 g/mol. The van der Waals surface area contributed by atoms with Crippen molar-refractivity contribution in [2.24, 2.45) is 11.1 Å². The zero-order valence-corrected chi connectivity index (χ0v) is 22.4. The Morgan fingerprint density at radius 1 is 1.00 bits per heavy atom. The summed E-state index contributed by atoms with van der Waals surface area (Å²) in [5.74, 6) is 0.922. The van der Waals surface area contributed by atoms with Crippen LogP contribution in [0.25, 0.3) is 11.5 Å². The van der Waals surface area contributed by atoms with E-state index in [-0.39, 0.29) is 19.1 Å². The van der Waals surface area contributed by atoms with Gasteiger partial charge >= 0.3 is 5.97 Å². The van der Waals surface area contributed by atoms with Crippen LogP contribution in [0.4, 0.5) is 0 Å². The molecule has 0 fully saturated rings. The summed E-state index contributed by atoms with van der Waals surface area (Å²) in [6, 6.07) is 27.3. The highest BCUT2D eigenvalue weighted by molar-refractivity contribution is 6.00. The molecule has 0 spiro atoms. The first-order valence-corrected chi connectivity index (χ1v) is 13.2. The molecule has 0 saturated carbocycles. The molecule has 1 heterocycles. The van der Waals surface area contributed by atoms with Gasteiger partial charge in [-0.3, -0.25) is 4.79 Å². The second-order valence-electron chi connectivity index (χ2n) is 9.34. The number of benzene rings is 3. The molecule has 0 aliphatic rings. The van der Waals surface area contributed by atoms with Gasteiger partial charge in [0, 0.05) is 5.56 Å². The smallest absolute Gasteiger partial charge is 0.306 e. The molecule has 1 atom stereocenters. The molecule has 0 saturated heterocycles. The summed E-state index contributed by atoms with van der Waals surface area (Å²) in [6.07, 6.45) is 2.58. The van der Waals surface area contributed by atoms with Gasteiger partial charge in [-0.15, -0.1) is 0 Å². The second kappa shape index (κ2) is 14.0. The van der Waals surface area contributed by atoms with Crippen molar-refractivity contribution < 1.29 is 23.9 Å². The van der Waals surface area contributed by atoms with E-state index in [1.165, 1.54) is 0 Å². The van der Waals surface area contributed by atoms with Gasteiger partial charge in [0.1, 0.15) is 30.4 Å². The average molecular weight is 527 g/mol. The molecule has 4 aromatic rings. The van der Waals surface area contributed by atoms with Gasteiger partial charge in [0.05, 0.1) is 11.6 Å². The number of aromatic nitrogens is 1. The van der Waals surface area contributed by atoms with Crippen LogP contribution in [-0.2, 0) is 22.8 Å². The van der Waals surface area contributed by atoms with Crippen LogP contribution in [0.5, 0.6) is 5.75 Å². The van der Waals surface area contributed by atoms with E-state index in [0.29, 0.717) is 30.9 Å². The van der Waals surface area contributed by atoms with Crippen molar-refractivity contribution in [2.45, 2.75) is 52.7 Å². The molecule has 4 rings (SSSR count). The number of aryl methyl sites for hydroxylation is 1. The molecule has 1 aromatic heterocycles. The Balaban J connectivity index is 1.35. The number of hydrogen-bond donors (Lipinski definition) is 1. The Hall–Kier alpha value is -4.39. The van der Waals surface area contributed by atoms with Gasteiger partial charge in [-0.25, -0.2) is 4.98 Å². The monoisotopic (exact) mass is 526 g/mol. The summed E-state index contributed by atoms with van der Waals surface area (Å²) in [6.45, 7) is 4.36. The maximum absolute atomic E-state index is 11.4. The highest BCUT2D eigenvalue weighted by Gasteiger charge is 2.16. The minimum Gasteiger partial charge on any atom is -0.487 e. The third kappa shape index (κ3) is 8.04. The number of rotatable bonds is 14. The van der Waals surface area contributed by atoms with Gasteiger partial charge in [-0.2, -0.15) is 0 Å². The number of carboxylic acids is 1. The van der Waals surface area contributed by atoms with Gasteiger partial charge in [0.15, 0.2) is 0 Å². The number of ether oxygens (including phenoxy) is 1. The van der Waals surface area contributed by atoms with E-state index in [1.54, 1.807) is 0 Å². The Labute approximate surface area is 229 Å². The zero-order chi connectivity index (χ0) is 27.5. The first-order chi connectivity index (χ1) is 19.0. The molecule has 7 heteroatoms. The van der Waals surface area contributed by atoms with E-state index in [4.69, 9.17) is 14.0 Å². The van der Waals surface area contributed by atoms with Gasteiger partial charge in [-0.05, 0) is 68.0 Å². The molecule has 3 aromatic carbocycles. The molecule has 0 aliphatic heterocycles. The third-order valence-electron chi connectivity index (χ3n) is 6.51. The van der Waals surface area contributed by atoms with E-state index in [1.807, 2.05) is 98.8 Å². The zero-order valence-electron chi connectivity index (χ0n) is 22.4. The molecule has 0 radical (unpaired) electrons. The molecule has 39 heavy (non-hydrogen) atoms. The van der Waals surface area contributed by atoms with Gasteiger partial charge in [0.2, 0.25) is 5.89 Å². The maximum atomic E-state index is 11.4. The van der Waals surface area contributed by atoms with E-state index in [9.17, 15) is 9.90 Å². The van der Waals surface area contributed by atoms with Gasteiger partial charge < -0.3 is 19.1 Å². The minimum absolute atomic E-state index is 0.279. The predicted octanol–water partition coefficient (Wildman–Crippen LogP) is 7.43. The number of aliphatic carboxylic acids is 1. The molecule has 1 unspecified atom stereocenters. The minimum atomic E-state index is -0.746. The fraction of sp³-hybridized carbons (Fsp3) is 0.281. The standard InChI is InChI=1S/C32H34N2O5/c1-3-25(32(35)36)17-11-19-29(26-13-6-4-7-14-26)34-38-21-24-12-10-18-28(20-24)37-22-30-23(2)39-31(33-30)27-15-8-5-9-16-27/h4-10,12-16,18,20,25H,3,11,17,19,21-22H2,1-2H3,(H,35,36). The van der Waals surface area contributed by atoms with Gasteiger partial charge in [0.25, 0.3) is 0 Å². The van der Waals surface area contributed by atoms with Crippen LogP contribution in [0.2, 0.25) is 0 Å². The van der Waals surface area contributed by atoms with Crippen molar-refractivity contribution in [3.05, 3.63) is 108 Å². The van der Waals surface area contributed by atoms with Crippen molar-refractivity contribution in [1.29, 1.82) is 0 Å². The Kier molecular flexibility index (Phi) is 9.89. The Morgan fingerprint density at radius 3 is 2.46 bits per heavy atom. The molecule has 1 N–H and O–H groups in total. The van der Waals surface area contributed by atoms with Crippen LogP contribution < -0.4 is 4.74 Å². The molecule has 0 aliphatic carbocycles. The topological polar surface area (TPSA) is 94.2 Å². The van der Waals surface area contributed by atoms with E-state index < -0.39 is 5.97 Å². The fourth-order valence-corrected chi connectivity index (χ4v) is 4.22. The predicted molar refractivity (Wildman–Crippen MR) is 150 cm³/mol. The lowest BCUT2D eigenvalue weighted by Gasteiger charge is -2.11. The SMILES string of the molecule is CCC(CCCC(=NOCc1cccc(OCc2nc(-c3ccccc3)oc2C)c1)c1ccccc1)C(=O)O. The van der Waals surface area contributed by atoms with E-state index in [2.05, 4.69) is 10.1 Å². The normalized spacial score (nSPS) is 12.2. The third-order valence-corrected chi connectivity index (χ3v) is 6.51. The molecule has 0 bridgehead atoms. The fourth-order valence-electron chi connectivity index (χ4n) is 4.22. The lowest BCUT2D eigenvalue weighted by Crippen LogP contribution is -2.13. The van der Waals surface area contributed by atoms with Crippen molar-refractivity contribution in [2.75, 3.05) is 0 Å². The lowest BCUT2D eigenvalue weighted by molar-refractivity contribution is -0.142. The number of oxime groups is 1. The largest absolute Gasteiger partial charge is 0.487 e. The number of oxazole rings is 1. The molecule has 202 valence electrons. The van der Waals surface area contributed by atoms with Crippen LogP contribution in [-0.4, -0.2) is 21.8 Å². The Bertz CT molecular complexity index is 1370. The number of hydrogen-bond acceptors (Lipinski definition) is 6. The van der Waals surface area contributed by atoms with E-state index in [0.717, 1.165) is 40.3 Å². The highest BCUT2D eigenvalue weighted by atomic mass is 16.6. The maximum Gasteiger partial charge on any atom is 0.306 e. The molecule has 0 amide bonds. The van der Waals surface area contributed by atoms with Crippen LogP contribution in [0, 0.1) is 12.8 Å².